The number of hydrogen-bond donors (Lipinski definition) is 1. The number of nitro benzene ring substituents is 1. The lowest BCUT2D eigenvalue weighted by atomic mass is 10.1. The Bertz CT molecular complexity index is 595. The highest BCUT2D eigenvalue weighted by Gasteiger charge is 2.12. The van der Waals surface area contributed by atoms with Gasteiger partial charge in [0.2, 0.25) is 0 Å². The van der Waals surface area contributed by atoms with Crippen molar-refractivity contribution in [1.29, 1.82) is 0 Å². The summed E-state index contributed by atoms with van der Waals surface area (Å²) in [6.07, 6.45) is 0. The molecular formula is C13H15N3O2S. The van der Waals surface area contributed by atoms with Crippen molar-refractivity contribution < 1.29 is 4.92 Å². The Morgan fingerprint density at radius 3 is 2.79 bits per heavy atom. The van der Waals surface area contributed by atoms with Gasteiger partial charge in [-0.15, -0.1) is 11.3 Å². The summed E-state index contributed by atoms with van der Waals surface area (Å²) in [4.78, 5) is 15.9. The largest absolute Gasteiger partial charge is 0.308 e. The van der Waals surface area contributed by atoms with Gasteiger partial charge in [0.15, 0.2) is 0 Å². The minimum absolute atomic E-state index is 0.174. The molecule has 0 bridgehead atoms. The molecule has 0 saturated carbocycles. The van der Waals surface area contributed by atoms with Crippen LogP contribution >= 0.6 is 11.3 Å². The van der Waals surface area contributed by atoms with E-state index in [1.54, 1.807) is 24.3 Å². The summed E-state index contributed by atoms with van der Waals surface area (Å²) in [6.45, 7) is 5.11. The molecule has 0 unspecified atom stereocenters. The first kappa shape index (κ1) is 13.6. The van der Waals surface area contributed by atoms with Gasteiger partial charge in [0.1, 0.15) is 0 Å². The molecule has 5 nitrogen and oxygen atoms in total. The van der Waals surface area contributed by atoms with Gasteiger partial charge in [0.05, 0.1) is 16.1 Å². The van der Waals surface area contributed by atoms with E-state index in [-0.39, 0.29) is 10.6 Å². The zero-order valence-corrected chi connectivity index (χ0v) is 11.7. The van der Waals surface area contributed by atoms with E-state index in [0.717, 1.165) is 23.4 Å². The summed E-state index contributed by atoms with van der Waals surface area (Å²) in [6, 6.07) is 5.17. The van der Waals surface area contributed by atoms with Crippen molar-refractivity contribution in [3.8, 4) is 0 Å². The average molecular weight is 277 g/mol. The molecule has 0 aliphatic rings. The quantitative estimate of drug-likeness (QED) is 0.674. The van der Waals surface area contributed by atoms with Crippen LogP contribution in [0.3, 0.4) is 0 Å². The zero-order chi connectivity index (χ0) is 13.8. The van der Waals surface area contributed by atoms with Crippen molar-refractivity contribution in [2.75, 3.05) is 0 Å². The lowest BCUT2D eigenvalue weighted by Crippen LogP contribution is -2.13. The Kier molecular flexibility index (Phi) is 4.24. The second kappa shape index (κ2) is 5.90. The number of aromatic nitrogens is 1. The van der Waals surface area contributed by atoms with Gasteiger partial charge >= 0.3 is 0 Å². The monoisotopic (exact) mass is 277 g/mol. The van der Waals surface area contributed by atoms with Gasteiger partial charge in [-0.25, -0.2) is 4.98 Å². The fraction of sp³-hybridized carbons (Fsp3) is 0.308. The summed E-state index contributed by atoms with van der Waals surface area (Å²) in [5.41, 5.74) is 4.71. The third-order valence-electron chi connectivity index (χ3n) is 3.06. The summed E-state index contributed by atoms with van der Waals surface area (Å²) < 4.78 is 0. The van der Waals surface area contributed by atoms with Gasteiger partial charge in [-0.1, -0.05) is 12.1 Å². The maximum absolute atomic E-state index is 10.9. The molecule has 1 N–H and O–H groups in total. The molecule has 1 aromatic heterocycles. The molecule has 2 rings (SSSR count). The molecule has 19 heavy (non-hydrogen) atoms. The first-order valence-electron chi connectivity index (χ1n) is 5.92. The van der Waals surface area contributed by atoms with Crippen LogP contribution in [0.2, 0.25) is 0 Å². The summed E-state index contributed by atoms with van der Waals surface area (Å²) in [7, 11) is 0. The number of aryl methyl sites for hydroxylation is 1. The summed E-state index contributed by atoms with van der Waals surface area (Å²) >= 11 is 1.62. The Morgan fingerprint density at radius 2 is 2.16 bits per heavy atom. The van der Waals surface area contributed by atoms with E-state index in [1.807, 2.05) is 18.5 Å². The number of nitrogens with zero attached hydrogens (tertiary/aromatic N) is 2. The molecule has 0 radical (unpaired) electrons. The SMILES string of the molecule is Cc1ncsc1CNCc1cccc([N+](=O)[O-])c1C. The first-order chi connectivity index (χ1) is 9.09. The second-order valence-electron chi connectivity index (χ2n) is 4.28. The smallest absolute Gasteiger partial charge is 0.272 e. The van der Waals surface area contributed by atoms with Gasteiger partial charge in [0, 0.05) is 29.6 Å². The van der Waals surface area contributed by atoms with E-state index in [1.165, 1.54) is 10.9 Å². The number of hydrogen-bond acceptors (Lipinski definition) is 5. The van der Waals surface area contributed by atoms with Gasteiger partial charge < -0.3 is 5.32 Å². The normalized spacial score (nSPS) is 10.6. The van der Waals surface area contributed by atoms with Crippen LogP contribution in [0.1, 0.15) is 21.7 Å². The van der Waals surface area contributed by atoms with Crippen LogP contribution in [0.15, 0.2) is 23.7 Å². The minimum atomic E-state index is -0.341. The maximum Gasteiger partial charge on any atom is 0.272 e. The second-order valence-corrected chi connectivity index (χ2v) is 5.22. The standard InChI is InChI=1S/C13H15N3O2S/c1-9-11(4-3-5-12(9)16(17)18)6-14-7-13-10(2)15-8-19-13/h3-5,8,14H,6-7H2,1-2H3. The molecule has 6 heteroatoms. The van der Waals surface area contributed by atoms with Crippen molar-refractivity contribution in [2.24, 2.45) is 0 Å². The van der Waals surface area contributed by atoms with Crippen LogP contribution in [-0.2, 0) is 13.1 Å². The van der Waals surface area contributed by atoms with Crippen LogP contribution in [0.5, 0.6) is 0 Å². The Morgan fingerprint density at radius 1 is 1.37 bits per heavy atom. The Labute approximate surface area is 115 Å². The maximum atomic E-state index is 10.9. The number of nitrogens with one attached hydrogen (secondary N) is 1. The van der Waals surface area contributed by atoms with E-state index in [4.69, 9.17) is 0 Å². The molecule has 2 aromatic rings. The molecule has 0 saturated heterocycles. The van der Waals surface area contributed by atoms with Crippen LogP contribution in [-0.4, -0.2) is 9.91 Å². The van der Waals surface area contributed by atoms with Crippen molar-refractivity contribution in [3.05, 3.63) is 55.5 Å². The number of thiazole rings is 1. The Hall–Kier alpha value is -1.79. The fourth-order valence-electron chi connectivity index (χ4n) is 1.87. The molecule has 1 aromatic carbocycles. The highest BCUT2D eigenvalue weighted by Crippen LogP contribution is 2.21. The number of rotatable bonds is 5. The van der Waals surface area contributed by atoms with Gasteiger partial charge in [0.25, 0.3) is 5.69 Å². The lowest BCUT2D eigenvalue weighted by molar-refractivity contribution is -0.385. The van der Waals surface area contributed by atoms with E-state index < -0.39 is 0 Å². The molecular weight excluding hydrogens is 262 g/mol. The van der Waals surface area contributed by atoms with Crippen molar-refractivity contribution >= 4 is 17.0 Å². The molecule has 100 valence electrons. The van der Waals surface area contributed by atoms with Gasteiger partial charge in [-0.05, 0) is 19.4 Å². The van der Waals surface area contributed by atoms with Crippen LogP contribution in [0, 0.1) is 24.0 Å². The third-order valence-corrected chi connectivity index (χ3v) is 4.00. The van der Waals surface area contributed by atoms with Crippen LogP contribution in [0.25, 0.3) is 0 Å². The van der Waals surface area contributed by atoms with E-state index in [2.05, 4.69) is 10.3 Å². The lowest BCUT2D eigenvalue weighted by Gasteiger charge is -2.07. The minimum Gasteiger partial charge on any atom is -0.308 e. The molecule has 0 spiro atoms. The van der Waals surface area contributed by atoms with Crippen molar-refractivity contribution in [3.63, 3.8) is 0 Å². The molecule has 0 aliphatic heterocycles. The van der Waals surface area contributed by atoms with E-state index in [9.17, 15) is 10.1 Å². The van der Waals surface area contributed by atoms with E-state index in [0.29, 0.717) is 6.54 Å². The van der Waals surface area contributed by atoms with Crippen molar-refractivity contribution in [1.82, 2.24) is 10.3 Å². The average Bonchev–Trinajstić information content (AvgIpc) is 2.77. The highest BCUT2D eigenvalue weighted by molar-refractivity contribution is 7.09. The summed E-state index contributed by atoms with van der Waals surface area (Å²) in [5, 5.41) is 14.2. The zero-order valence-electron chi connectivity index (χ0n) is 10.8. The van der Waals surface area contributed by atoms with Crippen LogP contribution in [0.4, 0.5) is 5.69 Å². The van der Waals surface area contributed by atoms with Gasteiger partial charge in [-0.2, -0.15) is 0 Å². The van der Waals surface area contributed by atoms with Crippen molar-refractivity contribution in [2.45, 2.75) is 26.9 Å². The summed E-state index contributed by atoms with van der Waals surface area (Å²) in [5.74, 6) is 0. The highest BCUT2D eigenvalue weighted by atomic mass is 32.1. The molecule has 0 amide bonds. The molecule has 0 atom stereocenters. The first-order valence-corrected chi connectivity index (χ1v) is 6.80. The van der Waals surface area contributed by atoms with Gasteiger partial charge in [-0.3, -0.25) is 10.1 Å². The number of nitro groups is 1. The fourth-order valence-corrected chi connectivity index (χ4v) is 2.61. The predicted octanol–water partition coefficient (Wildman–Crippen LogP) is 2.96. The molecule has 0 fully saturated rings. The van der Waals surface area contributed by atoms with E-state index >= 15 is 0 Å². The Balaban J connectivity index is 2.02. The number of benzene rings is 1. The van der Waals surface area contributed by atoms with Crippen LogP contribution < -0.4 is 5.32 Å². The molecule has 0 aliphatic carbocycles. The predicted molar refractivity (Wildman–Crippen MR) is 75.2 cm³/mol. The topological polar surface area (TPSA) is 68.1 Å². The third kappa shape index (κ3) is 3.15. The molecule has 1 heterocycles.